The van der Waals surface area contributed by atoms with E-state index in [4.69, 9.17) is 14.5 Å². The molecule has 0 bridgehead atoms. The van der Waals surface area contributed by atoms with E-state index in [0.29, 0.717) is 58.3 Å². The Hall–Kier alpha value is -2.67. The van der Waals surface area contributed by atoms with Gasteiger partial charge in [0, 0.05) is 47.3 Å². The number of nitrogens with one attached hydrogen (secondary N) is 1. The molecule has 0 spiro atoms. The third-order valence-electron chi connectivity index (χ3n) is 6.21. The molecule has 4 rings (SSSR count). The summed E-state index contributed by atoms with van der Waals surface area (Å²) in [6.45, 7) is 3.26. The number of nitrogens with zero attached hydrogens (tertiary/aromatic N) is 3. The number of aliphatic imine (C=N–C) groups is 1. The normalized spacial score (nSPS) is 22.7. The zero-order valence-corrected chi connectivity index (χ0v) is 22.1. The van der Waals surface area contributed by atoms with Crippen LogP contribution in [0.4, 0.5) is 4.39 Å². The predicted molar refractivity (Wildman–Crippen MR) is 135 cm³/mol. The highest BCUT2D eigenvalue weighted by Crippen LogP contribution is 2.37. The Bertz CT molecular complexity index is 1190. The van der Waals surface area contributed by atoms with Crippen LogP contribution in [0, 0.1) is 5.82 Å². The number of thiazole rings is 1. The third-order valence-corrected chi connectivity index (χ3v) is 7.68. The maximum absolute atomic E-state index is 13.9. The van der Waals surface area contributed by atoms with Crippen LogP contribution in [0.3, 0.4) is 0 Å². The number of hydrogen-bond acceptors (Lipinski definition) is 9. The molecule has 2 aliphatic heterocycles. The molecule has 0 unspecified atom stereocenters. The van der Waals surface area contributed by atoms with Gasteiger partial charge < -0.3 is 19.9 Å². The first kappa shape index (κ1) is 26.4. The number of ether oxygens (including phenoxy) is 2. The topological polar surface area (TPSA) is 113 Å². The lowest BCUT2D eigenvalue weighted by Crippen LogP contribution is -2.52. The van der Waals surface area contributed by atoms with Gasteiger partial charge in [-0.15, -0.1) is 11.3 Å². The summed E-state index contributed by atoms with van der Waals surface area (Å²) in [7, 11) is 1.30. The highest BCUT2D eigenvalue weighted by Gasteiger charge is 2.37. The van der Waals surface area contributed by atoms with Gasteiger partial charge in [0.1, 0.15) is 11.9 Å². The van der Waals surface area contributed by atoms with Gasteiger partial charge in [-0.3, -0.25) is 14.7 Å². The van der Waals surface area contributed by atoms with Crippen LogP contribution in [0.2, 0.25) is 0 Å². The molecule has 9 nitrogen and oxygen atoms in total. The van der Waals surface area contributed by atoms with Crippen LogP contribution in [0.25, 0.3) is 0 Å². The summed E-state index contributed by atoms with van der Waals surface area (Å²) in [5, 5.41) is 15.0. The molecule has 1 aromatic heterocycles. The first-order valence-electron chi connectivity index (χ1n) is 11.4. The van der Waals surface area contributed by atoms with E-state index in [1.54, 1.807) is 12.3 Å². The van der Waals surface area contributed by atoms with Gasteiger partial charge in [0.2, 0.25) is 0 Å². The Morgan fingerprint density at radius 2 is 2.22 bits per heavy atom. The van der Waals surface area contributed by atoms with Crippen molar-refractivity contribution >= 4 is 45.0 Å². The van der Waals surface area contributed by atoms with Gasteiger partial charge in [0.05, 0.1) is 25.4 Å². The van der Waals surface area contributed by atoms with Crippen molar-refractivity contribution in [2.24, 2.45) is 4.99 Å². The number of carbonyl (C=O) groups excluding carboxylic acids is 1. The van der Waals surface area contributed by atoms with Gasteiger partial charge in [0.15, 0.2) is 10.8 Å². The van der Waals surface area contributed by atoms with Crippen molar-refractivity contribution < 1.29 is 28.6 Å². The number of morpholine rings is 1. The molecular formula is C24H26BrFN4O5S. The number of methoxy groups -OCH3 is 1. The van der Waals surface area contributed by atoms with Crippen molar-refractivity contribution in [3.05, 3.63) is 61.9 Å². The summed E-state index contributed by atoms with van der Waals surface area (Å²) >= 11 is 4.82. The molecule has 1 saturated heterocycles. The quantitative estimate of drug-likeness (QED) is 0.456. The summed E-state index contributed by atoms with van der Waals surface area (Å²) in [6.07, 6.45) is 1.88. The number of esters is 1. The zero-order valence-electron chi connectivity index (χ0n) is 19.7. The van der Waals surface area contributed by atoms with Crippen LogP contribution in [0.15, 0.2) is 50.5 Å². The number of amidine groups is 1. The summed E-state index contributed by atoms with van der Waals surface area (Å²) in [5.41, 5.74) is 1.46. The van der Waals surface area contributed by atoms with Crippen molar-refractivity contribution in [2.75, 3.05) is 26.8 Å². The van der Waals surface area contributed by atoms with Crippen molar-refractivity contribution in [1.82, 2.24) is 15.2 Å². The second kappa shape index (κ2) is 11.6. The lowest BCUT2D eigenvalue weighted by atomic mass is 9.94. The van der Waals surface area contributed by atoms with E-state index in [0.717, 1.165) is 0 Å². The average molecular weight is 581 g/mol. The second-order valence-electron chi connectivity index (χ2n) is 8.44. The summed E-state index contributed by atoms with van der Waals surface area (Å²) < 4.78 is 25.3. The first-order valence-corrected chi connectivity index (χ1v) is 13.0. The number of halogens is 2. The Kier molecular flexibility index (Phi) is 8.50. The average Bonchev–Trinajstić information content (AvgIpc) is 3.38. The number of aliphatic carboxylic acids is 1. The van der Waals surface area contributed by atoms with Gasteiger partial charge in [-0.05, 0) is 31.0 Å². The maximum atomic E-state index is 13.9. The second-order valence-corrected chi connectivity index (χ2v) is 10.2. The van der Waals surface area contributed by atoms with Crippen molar-refractivity contribution in [3.8, 4) is 0 Å². The lowest BCUT2D eigenvalue weighted by Gasteiger charge is -2.41. The van der Waals surface area contributed by atoms with E-state index >= 15 is 0 Å². The molecule has 2 aromatic rings. The van der Waals surface area contributed by atoms with Crippen LogP contribution in [0.1, 0.15) is 36.4 Å². The van der Waals surface area contributed by atoms with Gasteiger partial charge in [-0.2, -0.15) is 0 Å². The first-order chi connectivity index (χ1) is 17.3. The Balaban J connectivity index is 1.78. The van der Waals surface area contributed by atoms with Crippen LogP contribution in [0.5, 0.6) is 0 Å². The zero-order chi connectivity index (χ0) is 25.8. The molecule has 12 heteroatoms. The number of benzene rings is 1. The number of carboxylic acids is 1. The molecule has 3 atom stereocenters. The fraction of sp³-hybridized carbons (Fsp3) is 0.417. The minimum Gasteiger partial charge on any atom is -0.481 e. The van der Waals surface area contributed by atoms with E-state index in [1.807, 2.05) is 12.3 Å². The largest absolute Gasteiger partial charge is 0.481 e. The minimum atomic E-state index is -0.877. The van der Waals surface area contributed by atoms with Gasteiger partial charge in [-0.25, -0.2) is 14.2 Å². The van der Waals surface area contributed by atoms with E-state index < -0.39 is 23.8 Å². The van der Waals surface area contributed by atoms with Gasteiger partial charge in [0.25, 0.3) is 0 Å². The Morgan fingerprint density at radius 3 is 2.89 bits per heavy atom. The Labute approximate surface area is 220 Å². The smallest absolute Gasteiger partial charge is 0.338 e. The van der Waals surface area contributed by atoms with Crippen LogP contribution < -0.4 is 5.32 Å². The van der Waals surface area contributed by atoms with Gasteiger partial charge >= 0.3 is 11.9 Å². The van der Waals surface area contributed by atoms with Crippen LogP contribution in [-0.4, -0.2) is 71.7 Å². The fourth-order valence-corrected chi connectivity index (χ4v) is 5.64. The highest BCUT2D eigenvalue weighted by atomic mass is 79.9. The number of carbonyl (C=O) groups is 2. The molecule has 3 heterocycles. The van der Waals surface area contributed by atoms with Crippen LogP contribution in [-0.2, 0) is 19.1 Å². The van der Waals surface area contributed by atoms with Gasteiger partial charge in [-0.1, -0.05) is 22.0 Å². The molecular weight excluding hydrogens is 555 g/mol. The molecule has 192 valence electrons. The van der Waals surface area contributed by atoms with E-state index in [1.165, 1.54) is 30.6 Å². The van der Waals surface area contributed by atoms with E-state index in [-0.39, 0.29) is 18.6 Å². The summed E-state index contributed by atoms with van der Waals surface area (Å²) in [4.78, 5) is 35.7. The van der Waals surface area contributed by atoms with Crippen molar-refractivity contribution in [2.45, 2.75) is 38.0 Å². The van der Waals surface area contributed by atoms with Crippen molar-refractivity contribution in [1.29, 1.82) is 0 Å². The van der Waals surface area contributed by atoms with Crippen LogP contribution >= 0.6 is 27.3 Å². The molecule has 0 saturated carbocycles. The lowest BCUT2D eigenvalue weighted by molar-refractivity contribution is -0.138. The SMILES string of the molecule is COC(=O)C1=C(CN2CCO[C@H](C)[C@H]2CCC(=O)O)NC(c2nccs2)=N[C@H]1c1ccc(F)cc1Br. The molecule has 0 amide bonds. The molecule has 0 aliphatic carbocycles. The standard InChI is InChI=1S/C24H26BrFN4O5S/c1-13-18(5-6-19(31)32)30(8-9-35-13)12-17-20(24(33)34-2)21(15-4-3-14(26)11-16(15)25)29-22(28-17)23-27-7-10-36-23/h3-4,7,10-11,13,18,21H,5-6,8-9,12H2,1-2H3,(H,28,29)(H,31,32)/t13-,18-,21+/m1/s1. The number of hydrogen-bond donors (Lipinski definition) is 2. The van der Waals surface area contributed by atoms with E-state index in [9.17, 15) is 19.1 Å². The molecule has 2 aliphatic rings. The number of carboxylic acid groups (broad SMARTS) is 1. The summed E-state index contributed by atoms with van der Waals surface area (Å²) in [6, 6.07) is 3.29. The van der Waals surface area contributed by atoms with Crippen molar-refractivity contribution in [3.63, 3.8) is 0 Å². The maximum Gasteiger partial charge on any atom is 0.338 e. The molecule has 1 fully saturated rings. The minimum absolute atomic E-state index is 0.00216. The molecule has 0 radical (unpaired) electrons. The monoisotopic (exact) mass is 580 g/mol. The number of rotatable bonds is 8. The molecule has 1 aromatic carbocycles. The third kappa shape index (κ3) is 5.83. The predicted octanol–water partition coefficient (Wildman–Crippen LogP) is 3.52. The molecule has 36 heavy (non-hydrogen) atoms. The Morgan fingerprint density at radius 1 is 1.42 bits per heavy atom. The van der Waals surface area contributed by atoms with E-state index in [2.05, 4.69) is 31.1 Å². The fourth-order valence-electron chi connectivity index (χ4n) is 4.49. The summed E-state index contributed by atoms with van der Waals surface area (Å²) in [5.74, 6) is -1.38. The highest BCUT2D eigenvalue weighted by molar-refractivity contribution is 9.10. The number of aromatic nitrogens is 1. The molecule has 2 N–H and O–H groups in total.